The van der Waals surface area contributed by atoms with Crippen LogP contribution in [0.4, 0.5) is 5.82 Å². The third-order valence-corrected chi connectivity index (χ3v) is 4.02. The molecule has 1 aromatic carbocycles. The molecule has 3 aromatic rings. The van der Waals surface area contributed by atoms with E-state index in [2.05, 4.69) is 4.98 Å². The van der Waals surface area contributed by atoms with Gasteiger partial charge in [0.1, 0.15) is 17.2 Å². The number of pyridine rings is 1. The number of imidazole rings is 1. The molecule has 2 N–H and O–H groups in total. The van der Waals surface area contributed by atoms with Crippen LogP contribution in [-0.4, -0.2) is 43.8 Å². The van der Waals surface area contributed by atoms with E-state index in [1.807, 2.05) is 0 Å². The molecule has 0 aliphatic heterocycles. The van der Waals surface area contributed by atoms with Gasteiger partial charge in [-0.25, -0.2) is 9.78 Å². The number of ether oxygens (including phenoxy) is 4. The fourth-order valence-electron chi connectivity index (χ4n) is 2.74. The van der Waals surface area contributed by atoms with Gasteiger partial charge in [0.05, 0.1) is 34.0 Å². The van der Waals surface area contributed by atoms with Crippen molar-refractivity contribution < 1.29 is 23.7 Å². The molecule has 0 unspecified atom stereocenters. The Morgan fingerprint density at radius 1 is 1.04 bits per heavy atom. The lowest BCUT2D eigenvalue weighted by Gasteiger charge is -2.13. The van der Waals surface area contributed by atoms with Gasteiger partial charge in [-0.1, -0.05) is 0 Å². The lowest BCUT2D eigenvalue weighted by molar-refractivity contribution is 0.0600. The SMILES string of the molecule is COC(=O)c1ccn2c(N)c(-c3cc(OC)c(OC)c(OC)c3)nc2c1. The highest BCUT2D eigenvalue weighted by atomic mass is 16.5. The summed E-state index contributed by atoms with van der Waals surface area (Å²) < 4.78 is 22.5. The summed E-state index contributed by atoms with van der Waals surface area (Å²) >= 11 is 0. The largest absolute Gasteiger partial charge is 0.493 e. The molecule has 0 aliphatic rings. The molecule has 3 rings (SSSR count). The number of hydrogen-bond donors (Lipinski definition) is 1. The summed E-state index contributed by atoms with van der Waals surface area (Å²) in [5.41, 5.74) is 8.40. The monoisotopic (exact) mass is 357 g/mol. The standard InChI is InChI=1S/C18H19N3O5/c1-23-12-7-11(8-13(24-2)16(12)25-3)15-17(19)21-6-5-10(18(22)26-4)9-14(21)20-15/h5-9H,19H2,1-4H3. The molecule has 8 nitrogen and oxygen atoms in total. The fraction of sp³-hybridized carbons (Fsp3) is 0.222. The van der Waals surface area contributed by atoms with E-state index in [4.69, 9.17) is 24.7 Å². The van der Waals surface area contributed by atoms with Gasteiger partial charge in [0, 0.05) is 11.8 Å². The van der Waals surface area contributed by atoms with Crippen molar-refractivity contribution in [2.45, 2.75) is 0 Å². The van der Waals surface area contributed by atoms with Crippen LogP contribution in [0.2, 0.25) is 0 Å². The van der Waals surface area contributed by atoms with Crippen LogP contribution in [0.15, 0.2) is 30.5 Å². The van der Waals surface area contributed by atoms with E-state index >= 15 is 0 Å². The summed E-state index contributed by atoms with van der Waals surface area (Å²) in [4.78, 5) is 16.3. The minimum absolute atomic E-state index is 0.390. The van der Waals surface area contributed by atoms with Gasteiger partial charge in [0.15, 0.2) is 11.5 Å². The molecule has 0 fully saturated rings. The zero-order chi connectivity index (χ0) is 18.8. The third kappa shape index (κ3) is 2.75. The minimum atomic E-state index is -0.441. The van der Waals surface area contributed by atoms with Crippen LogP contribution in [0.1, 0.15) is 10.4 Å². The van der Waals surface area contributed by atoms with E-state index in [9.17, 15) is 4.79 Å². The smallest absolute Gasteiger partial charge is 0.338 e. The summed E-state index contributed by atoms with van der Waals surface area (Å²) in [6.07, 6.45) is 1.67. The molecule has 2 heterocycles. The molecule has 0 spiro atoms. The van der Waals surface area contributed by atoms with E-state index in [-0.39, 0.29) is 0 Å². The van der Waals surface area contributed by atoms with Gasteiger partial charge in [-0.15, -0.1) is 0 Å². The Bertz CT molecular complexity index is 955. The zero-order valence-corrected chi connectivity index (χ0v) is 14.9. The van der Waals surface area contributed by atoms with E-state index in [1.165, 1.54) is 28.4 Å². The van der Waals surface area contributed by atoms with Crippen molar-refractivity contribution in [3.05, 3.63) is 36.0 Å². The first-order valence-electron chi connectivity index (χ1n) is 7.70. The van der Waals surface area contributed by atoms with E-state index < -0.39 is 5.97 Å². The number of carbonyl (C=O) groups is 1. The van der Waals surface area contributed by atoms with Crippen molar-refractivity contribution in [2.75, 3.05) is 34.2 Å². The average molecular weight is 357 g/mol. The molecular formula is C18H19N3O5. The topological polar surface area (TPSA) is 97.3 Å². The van der Waals surface area contributed by atoms with Crippen molar-refractivity contribution >= 4 is 17.4 Å². The molecule has 0 atom stereocenters. The molecule has 0 radical (unpaired) electrons. The number of anilines is 1. The number of nitrogens with two attached hydrogens (primary N) is 1. The minimum Gasteiger partial charge on any atom is -0.493 e. The Balaban J connectivity index is 2.19. The van der Waals surface area contributed by atoms with Crippen LogP contribution in [0.3, 0.4) is 0 Å². The molecular weight excluding hydrogens is 338 g/mol. The number of benzene rings is 1. The number of esters is 1. The van der Waals surface area contributed by atoms with Gasteiger partial charge >= 0.3 is 5.97 Å². The van der Waals surface area contributed by atoms with E-state index in [0.29, 0.717) is 45.5 Å². The van der Waals surface area contributed by atoms with Crippen molar-refractivity contribution in [1.29, 1.82) is 0 Å². The lowest BCUT2D eigenvalue weighted by atomic mass is 10.1. The Kier molecular flexibility index (Phi) is 4.57. The second-order valence-electron chi connectivity index (χ2n) is 5.39. The lowest BCUT2D eigenvalue weighted by Crippen LogP contribution is -2.02. The number of rotatable bonds is 5. The fourth-order valence-corrected chi connectivity index (χ4v) is 2.74. The van der Waals surface area contributed by atoms with Crippen LogP contribution in [0.25, 0.3) is 16.9 Å². The molecule has 2 aromatic heterocycles. The predicted octanol–water partition coefficient (Wildman–Crippen LogP) is 2.40. The van der Waals surface area contributed by atoms with Gasteiger partial charge < -0.3 is 24.7 Å². The first-order chi connectivity index (χ1) is 12.5. The molecule has 0 amide bonds. The number of nitrogens with zero attached hydrogens (tertiary/aromatic N) is 2. The van der Waals surface area contributed by atoms with Crippen LogP contribution in [0.5, 0.6) is 17.2 Å². The second kappa shape index (κ2) is 6.83. The van der Waals surface area contributed by atoms with Crippen molar-refractivity contribution in [1.82, 2.24) is 9.38 Å². The van der Waals surface area contributed by atoms with Gasteiger partial charge in [0.25, 0.3) is 0 Å². The highest BCUT2D eigenvalue weighted by Gasteiger charge is 2.19. The quantitative estimate of drug-likeness (QED) is 0.700. The molecule has 136 valence electrons. The summed E-state index contributed by atoms with van der Waals surface area (Å²) in [6, 6.07) is 6.76. The number of hydrogen-bond acceptors (Lipinski definition) is 7. The summed E-state index contributed by atoms with van der Waals surface area (Å²) in [7, 11) is 5.94. The van der Waals surface area contributed by atoms with Crippen molar-refractivity contribution in [2.24, 2.45) is 0 Å². The third-order valence-electron chi connectivity index (χ3n) is 4.02. The van der Waals surface area contributed by atoms with Gasteiger partial charge in [-0.3, -0.25) is 4.40 Å². The number of methoxy groups -OCH3 is 4. The Morgan fingerprint density at radius 2 is 1.69 bits per heavy atom. The van der Waals surface area contributed by atoms with Crippen molar-refractivity contribution in [3.8, 4) is 28.5 Å². The molecule has 0 bridgehead atoms. The predicted molar refractivity (Wildman–Crippen MR) is 96.0 cm³/mol. The van der Waals surface area contributed by atoms with Crippen LogP contribution in [0, 0.1) is 0 Å². The molecule has 0 saturated carbocycles. The van der Waals surface area contributed by atoms with E-state index in [0.717, 1.165) is 0 Å². The van der Waals surface area contributed by atoms with Gasteiger partial charge in [-0.2, -0.15) is 0 Å². The zero-order valence-electron chi connectivity index (χ0n) is 14.9. The molecule has 8 heteroatoms. The van der Waals surface area contributed by atoms with Crippen LogP contribution in [-0.2, 0) is 4.74 Å². The Morgan fingerprint density at radius 3 is 2.23 bits per heavy atom. The maximum Gasteiger partial charge on any atom is 0.338 e. The summed E-state index contributed by atoms with van der Waals surface area (Å²) in [5.74, 6) is 1.45. The maximum absolute atomic E-state index is 11.7. The first-order valence-corrected chi connectivity index (χ1v) is 7.70. The number of aromatic nitrogens is 2. The number of carbonyl (C=O) groups excluding carboxylic acids is 1. The number of nitrogen functional groups attached to an aromatic ring is 1. The average Bonchev–Trinajstić information content (AvgIpc) is 3.01. The number of fused-ring (bicyclic) bond motifs is 1. The first kappa shape index (κ1) is 17.4. The normalized spacial score (nSPS) is 10.6. The van der Waals surface area contributed by atoms with E-state index in [1.54, 1.807) is 34.9 Å². The van der Waals surface area contributed by atoms with Crippen LogP contribution >= 0.6 is 0 Å². The van der Waals surface area contributed by atoms with Crippen LogP contribution < -0.4 is 19.9 Å². The molecule has 26 heavy (non-hydrogen) atoms. The maximum atomic E-state index is 11.7. The summed E-state index contributed by atoms with van der Waals surface area (Å²) in [6.45, 7) is 0. The highest BCUT2D eigenvalue weighted by molar-refractivity contribution is 5.91. The second-order valence-corrected chi connectivity index (χ2v) is 5.39. The molecule has 0 saturated heterocycles. The Hall–Kier alpha value is -3.42. The van der Waals surface area contributed by atoms with Gasteiger partial charge in [0.2, 0.25) is 5.75 Å². The molecule has 0 aliphatic carbocycles. The van der Waals surface area contributed by atoms with Gasteiger partial charge in [-0.05, 0) is 24.3 Å². The van der Waals surface area contributed by atoms with Crippen molar-refractivity contribution in [3.63, 3.8) is 0 Å². The highest BCUT2D eigenvalue weighted by Crippen LogP contribution is 2.42. The Labute approximate surface area is 150 Å². The summed E-state index contributed by atoms with van der Waals surface area (Å²) in [5, 5.41) is 0.